The van der Waals surface area contributed by atoms with E-state index in [2.05, 4.69) is 9.71 Å². The van der Waals surface area contributed by atoms with Gasteiger partial charge in [-0.1, -0.05) is 30.3 Å². The highest BCUT2D eigenvalue weighted by molar-refractivity contribution is 7.89. The van der Waals surface area contributed by atoms with Crippen LogP contribution in [0.25, 0.3) is 11.1 Å². The molecule has 2 fully saturated rings. The van der Waals surface area contributed by atoms with Crippen molar-refractivity contribution in [2.75, 3.05) is 13.1 Å². The van der Waals surface area contributed by atoms with E-state index in [9.17, 15) is 18.0 Å². The number of fused-ring (bicyclic) bond motifs is 1. The first-order chi connectivity index (χ1) is 14.8. The number of hydrogen-bond donors (Lipinski definition) is 2. The molecule has 2 aliphatic rings. The number of H-pyrrole nitrogens is 1. The molecule has 10 heteroatoms. The Balaban J connectivity index is 1.12. The normalized spacial score (nSPS) is 18.0. The van der Waals surface area contributed by atoms with Gasteiger partial charge in [0, 0.05) is 30.6 Å². The Morgan fingerprint density at radius 2 is 1.94 bits per heavy atom. The van der Waals surface area contributed by atoms with Crippen molar-refractivity contribution < 1.29 is 22.4 Å². The molecule has 1 aliphatic carbocycles. The minimum atomic E-state index is -3.74. The second-order valence-electron chi connectivity index (χ2n) is 8.30. The Kier molecular flexibility index (Phi) is 4.63. The molecule has 31 heavy (non-hydrogen) atoms. The molecule has 1 amide bonds. The van der Waals surface area contributed by atoms with E-state index < -0.39 is 15.8 Å². The zero-order chi connectivity index (χ0) is 21.6. The fraction of sp³-hybridized carbons (Fsp3) is 0.333. The third-order valence-corrected chi connectivity index (χ3v) is 7.42. The predicted octanol–water partition coefficient (Wildman–Crippen LogP) is 2.20. The molecule has 0 bridgehead atoms. The fourth-order valence-electron chi connectivity index (χ4n) is 4.41. The molecule has 5 rings (SSSR count). The average Bonchev–Trinajstić information content (AvgIpc) is 3.07. The van der Waals surface area contributed by atoms with E-state index in [0.29, 0.717) is 31.4 Å². The molecule has 3 aromatic rings. The monoisotopic (exact) mass is 443 g/mol. The van der Waals surface area contributed by atoms with Crippen molar-refractivity contribution in [2.24, 2.45) is 5.41 Å². The largest absolute Gasteiger partial charge is 0.445 e. The highest BCUT2D eigenvalue weighted by Crippen LogP contribution is 2.48. The molecular weight excluding hydrogens is 422 g/mol. The fourth-order valence-corrected chi connectivity index (χ4v) is 5.66. The van der Waals surface area contributed by atoms with Crippen molar-refractivity contribution in [3.05, 3.63) is 64.6 Å². The lowest BCUT2D eigenvalue weighted by Crippen LogP contribution is -2.67. The Labute approximate surface area is 178 Å². The van der Waals surface area contributed by atoms with Gasteiger partial charge in [0.15, 0.2) is 5.58 Å². The highest BCUT2D eigenvalue weighted by atomic mass is 32.2. The Hall–Kier alpha value is -3.11. The molecule has 1 aliphatic heterocycles. The lowest BCUT2D eigenvalue weighted by Gasteiger charge is -2.58. The van der Waals surface area contributed by atoms with Crippen LogP contribution in [-0.2, 0) is 21.4 Å². The first kappa shape index (κ1) is 19.8. The summed E-state index contributed by atoms with van der Waals surface area (Å²) < 4.78 is 38.3. The van der Waals surface area contributed by atoms with E-state index >= 15 is 0 Å². The molecule has 0 radical (unpaired) electrons. The first-order valence-electron chi connectivity index (χ1n) is 9.93. The van der Waals surface area contributed by atoms with Crippen LogP contribution in [0.3, 0.4) is 0 Å². The summed E-state index contributed by atoms with van der Waals surface area (Å²) in [6, 6.07) is 13.6. The second-order valence-corrected chi connectivity index (χ2v) is 10.0. The summed E-state index contributed by atoms with van der Waals surface area (Å²) >= 11 is 0. The number of oxazole rings is 1. The van der Waals surface area contributed by atoms with Gasteiger partial charge < -0.3 is 14.1 Å². The van der Waals surface area contributed by atoms with Crippen LogP contribution in [0, 0.1) is 5.41 Å². The van der Waals surface area contributed by atoms with Crippen LogP contribution in [0.5, 0.6) is 0 Å². The molecule has 1 saturated heterocycles. The van der Waals surface area contributed by atoms with Gasteiger partial charge in [0.2, 0.25) is 10.0 Å². The van der Waals surface area contributed by atoms with Crippen molar-refractivity contribution in [3.63, 3.8) is 0 Å². The van der Waals surface area contributed by atoms with Crippen LogP contribution in [-0.4, -0.2) is 43.5 Å². The molecule has 9 nitrogen and oxygen atoms in total. The minimum absolute atomic E-state index is 0.0448. The van der Waals surface area contributed by atoms with Gasteiger partial charge in [-0.25, -0.2) is 22.7 Å². The Bertz CT molecular complexity index is 1280. The van der Waals surface area contributed by atoms with Gasteiger partial charge in [-0.05, 0) is 30.5 Å². The van der Waals surface area contributed by atoms with E-state index in [4.69, 9.17) is 9.15 Å². The topological polar surface area (TPSA) is 122 Å². The lowest BCUT2D eigenvalue weighted by atomic mass is 9.61. The van der Waals surface area contributed by atoms with Crippen LogP contribution in [0.15, 0.2) is 62.6 Å². The number of carbonyl (C=O) groups excluding carboxylic acids is 1. The summed E-state index contributed by atoms with van der Waals surface area (Å²) in [6.07, 6.45) is 0.978. The number of hydrogen-bond acceptors (Lipinski definition) is 6. The van der Waals surface area contributed by atoms with Crippen molar-refractivity contribution in [1.82, 2.24) is 14.6 Å². The molecule has 0 unspecified atom stereocenters. The molecule has 2 aromatic carbocycles. The molecule has 1 spiro atoms. The van der Waals surface area contributed by atoms with Crippen molar-refractivity contribution in [2.45, 2.75) is 30.4 Å². The summed E-state index contributed by atoms with van der Waals surface area (Å²) in [4.78, 5) is 27.6. The quantitative estimate of drug-likeness (QED) is 0.624. The molecule has 2 heterocycles. The molecule has 1 saturated carbocycles. The van der Waals surface area contributed by atoms with Crippen molar-refractivity contribution in [1.29, 1.82) is 0 Å². The van der Waals surface area contributed by atoms with Crippen LogP contribution >= 0.6 is 0 Å². The number of nitrogens with zero attached hydrogens (tertiary/aromatic N) is 1. The van der Waals surface area contributed by atoms with Crippen LogP contribution < -0.4 is 10.5 Å². The van der Waals surface area contributed by atoms with Gasteiger partial charge in [0.05, 0.1) is 10.4 Å². The number of nitrogens with one attached hydrogen (secondary N) is 2. The summed E-state index contributed by atoms with van der Waals surface area (Å²) in [7, 11) is -3.74. The van der Waals surface area contributed by atoms with Crippen LogP contribution in [0.2, 0.25) is 0 Å². The number of sulfonamides is 1. The zero-order valence-electron chi connectivity index (χ0n) is 16.5. The number of aromatic nitrogens is 1. The van der Waals surface area contributed by atoms with Crippen molar-refractivity contribution in [3.8, 4) is 0 Å². The number of ether oxygens (including phenoxy) is 1. The number of benzene rings is 2. The van der Waals surface area contributed by atoms with E-state index in [1.807, 2.05) is 30.3 Å². The standard InChI is InChI=1S/C21H21N3O6S/c25-19-22-17-7-6-16(8-18(17)30-19)31(27,28)23-15-9-21(10-15)12-24(13-21)20(26)29-11-14-4-2-1-3-5-14/h1-8,15,23H,9-13H2,(H,22,25). The van der Waals surface area contributed by atoms with Gasteiger partial charge in [-0.3, -0.25) is 4.98 Å². The maximum Gasteiger partial charge on any atom is 0.417 e. The van der Waals surface area contributed by atoms with Crippen LogP contribution in [0.4, 0.5) is 4.79 Å². The number of carbonyl (C=O) groups is 1. The Morgan fingerprint density at radius 1 is 1.19 bits per heavy atom. The number of aromatic amines is 1. The molecular formula is C21H21N3O6S. The van der Waals surface area contributed by atoms with E-state index in [1.54, 1.807) is 4.90 Å². The summed E-state index contributed by atoms with van der Waals surface area (Å²) in [5, 5.41) is 0. The van der Waals surface area contributed by atoms with E-state index in [0.717, 1.165) is 5.56 Å². The average molecular weight is 443 g/mol. The van der Waals surface area contributed by atoms with Crippen LogP contribution in [0.1, 0.15) is 18.4 Å². The zero-order valence-corrected chi connectivity index (χ0v) is 17.4. The molecule has 2 N–H and O–H groups in total. The third kappa shape index (κ3) is 3.84. The van der Waals surface area contributed by atoms with Gasteiger partial charge in [0.25, 0.3) is 0 Å². The molecule has 0 atom stereocenters. The predicted molar refractivity (Wildman–Crippen MR) is 111 cm³/mol. The maximum atomic E-state index is 12.7. The molecule has 162 valence electrons. The summed E-state index contributed by atoms with van der Waals surface area (Å²) in [6.45, 7) is 1.37. The SMILES string of the molecule is O=C(OCc1ccccc1)N1CC2(CC(NS(=O)(=O)c3ccc4[nH]c(=O)oc4c3)C2)C1. The number of rotatable bonds is 5. The van der Waals surface area contributed by atoms with E-state index in [1.165, 1.54) is 18.2 Å². The highest BCUT2D eigenvalue weighted by Gasteiger charge is 2.54. The summed E-state index contributed by atoms with van der Waals surface area (Å²) in [5.41, 5.74) is 1.53. The molecule has 1 aromatic heterocycles. The van der Waals surface area contributed by atoms with Crippen molar-refractivity contribution >= 4 is 27.2 Å². The Morgan fingerprint density at radius 3 is 2.68 bits per heavy atom. The maximum absolute atomic E-state index is 12.7. The number of amides is 1. The second kappa shape index (κ2) is 7.24. The first-order valence-corrected chi connectivity index (χ1v) is 11.4. The minimum Gasteiger partial charge on any atom is -0.445 e. The van der Waals surface area contributed by atoms with Gasteiger partial charge >= 0.3 is 11.8 Å². The van der Waals surface area contributed by atoms with Gasteiger partial charge in [-0.2, -0.15) is 0 Å². The smallest absolute Gasteiger partial charge is 0.417 e. The van der Waals surface area contributed by atoms with Gasteiger partial charge in [0.1, 0.15) is 6.61 Å². The van der Waals surface area contributed by atoms with Gasteiger partial charge in [-0.15, -0.1) is 0 Å². The lowest BCUT2D eigenvalue weighted by molar-refractivity contribution is -0.0669. The van der Waals surface area contributed by atoms with E-state index in [-0.39, 0.29) is 34.6 Å². The summed E-state index contributed by atoms with van der Waals surface area (Å²) in [5.74, 6) is -0.629. The third-order valence-electron chi connectivity index (χ3n) is 5.90. The number of likely N-dealkylation sites (tertiary alicyclic amines) is 1.